The molecule has 6 heteroatoms. The van der Waals surface area contributed by atoms with Gasteiger partial charge in [0.15, 0.2) is 5.75 Å². The van der Waals surface area contributed by atoms with Crippen molar-refractivity contribution in [2.45, 2.75) is 33.1 Å². The summed E-state index contributed by atoms with van der Waals surface area (Å²) in [6.45, 7) is 6.09. The number of thiazole rings is 1. The molecule has 0 radical (unpaired) electrons. The summed E-state index contributed by atoms with van der Waals surface area (Å²) < 4.78 is 7.82. The van der Waals surface area contributed by atoms with Gasteiger partial charge in [-0.2, -0.15) is 0 Å². The zero-order valence-electron chi connectivity index (χ0n) is 14.7. The Hall–Kier alpha value is -1.37. The van der Waals surface area contributed by atoms with Gasteiger partial charge in [0.2, 0.25) is 0 Å². The highest BCUT2D eigenvalue weighted by molar-refractivity contribution is 9.11. The van der Waals surface area contributed by atoms with Gasteiger partial charge in [0.1, 0.15) is 11.5 Å². The van der Waals surface area contributed by atoms with Crippen LogP contribution < -0.4 is 4.74 Å². The van der Waals surface area contributed by atoms with E-state index < -0.39 is 0 Å². The average Bonchev–Trinajstić information content (AvgIpc) is 2.97. The largest absolute Gasteiger partial charge is 0.508 e. The van der Waals surface area contributed by atoms with E-state index in [4.69, 9.17) is 4.74 Å². The molecule has 3 nitrogen and oxygen atoms in total. The highest BCUT2D eigenvalue weighted by Gasteiger charge is 2.14. The third kappa shape index (κ3) is 4.48. The summed E-state index contributed by atoms with van der Waals surface area (Å²) >= 11 is 8.90. The second-order valence-corrected chi connectivity index (χ2v) is 9.08. The molecule has 0 aliphatic rings. The van der Waals surface area contributed by atoms with E-state index in [1.807, 2.05) is 26.8 Å². The van der Waals surface area contributed by atoms with E-state index in [9.17, 15) is 5.11 Å². The summed E-state index contributed by atoms with van der Waals surface area (Å²) in [5.41, 5.74) is 3.07. The minimum atomic E-state index is 0.217. The Labute approximate surface area is 174 Å². The normalized spacial score (nSPS) is 11.2. The van der Waals surface area contributed by atoms with Crippen LogP contribution in [0.4, 0.5) is 0 Å². The van der Waals surface area contributed by atoms with Gasteiger partial charge in [0, 0.05) is 23.1 Å². The van der Waals surface area contributed by atoms with Gasteiger partial charge in [-0.25, -0.2) is 4.98 Å². The lowest BCUT2D eigenvalue weighted by Crippen LogP contribution is -1.94. The van der Waals surface area contributed by atoms with Gasteiger partial charge in [-0.15, -0.1) is 11.3 Å². The second kappa shape index (κ2) is 8.11. The lowest BCUT2D eigenvalue weighted by molar-refractivity contribution is 0.453. The molecule has 0 saturated carbocycles. The van der Waals surface area contributed by atoms with Crippen molar-refractivity contribution in [3.8, 4) is 17.2 Å². The molecule has 0 unspecified atom stereocenters. The van der Waals surface area contributed by atoms with Crippen molar-refractivity contribution < 1.29 is 9.84 Å². The van der Waals surface area contributed by atoms with Gasteiger partial charge in [0.05, 0.1) is 14.0 Å². The summed E-state index contributed by atoms with van der Waals surface area (Å²) in [5, 5.41) is 13.1. The van der Waals surface area contributed by atoms with Crippen LogP contribution in [-0.4, -0.2) is 10.1 Å². The van der Waals surface area contributed by atoms with E-state index in [1.54, 1.807) is 23.5 Å². The second-order valence-electron chi connectivity index (χ2n) is 6.43. The smallest absolute Gasteiger partial charge is 0.155 e. The van der Waals surface area contributed by atoms with Gasteiger partial charge in [0.25, 0.3) is 0 Å². The van der Waals surface area contributed by atoms with E-state index in [0.717, 1.165) is 37.2 Å². The molecular formula is C20H19Br2NO2S. The van der Waals surface area contributed by atoms with Crippen LogP contribution in [0.2, 0.25) is 0 Å². The minimum Gasteiger partial charge on any atom is -0.508 e. The molecule has 0 bridgehead atoms. The summed E-state index contributed by atoms with van der Waals surface area (Å²) in [6, 6.07) is 9.43. The number of aromatic hydroxyl groups is 1. The molecular weight excluding hydrogens is 478 g/mol. The minimum absolute atomic E-state index is 0.217. The van der Waals surface area contributed by atoms with Crippen LogP contribution in [0.3, 0.4) is 0 Å². The fourth-order valence-electron chi connectivity index (χ4n) is 2.65. The quantitative estimate of drug-likeness (QED) is 0.406. The van der Waals surface area contributed by atoms with Crippen molar-refractivity contribution in [2.75, 3.05) is 0 Å². The highest BCUT2D eigenvalue weighted by Crippen LogP contribution is 2.40. The molecule has 1 N–H and O–H groups in total. The number of rotatable bonds is 5. The Balaban J connectivity index is 1.86. The number of phenolic OH excluding ortho intramolecular Hbond substituents is 1. The Morgan fingerprint density at radius 1 is 1.15 bits per heavy atom. The molecule has 3 aromatic rings. The molecule has 0 atom stereocenters. The molecule has 0 amide bonds. The van der Waals surface area contributed by atoms with E-state index in [1.165, 1.54) is 0 Å². The van der Waals surface area contributed by atoms with Crippen molar-refractivity contribution in [2.24, 2.45) is 0 Å². The van der Waals surface area contributed by atoms with Crippen molar-refractivity contribution in [3.05, 3.63) is 66.5 Å². The molecule has 0 saturated heterocycles. The lowest BCUT2D eigenvalue weighted by atomic mass is 10.0. The first-order valence-corrected chi connectivity index (χ1v) is 10.7. The number of hydrogen-bond acceptors (Lipinski definition) is 4. The maximum absolute atomic E-state index is 9.98. The lowest BCUT2D eigenvalue weighted by Gasteiger charge is -2.14. The number of benzene rings is 2. The maximum Gasteiger partial charge on any atom is 0.155 e. The van der Waals surface area contributed by atoms with Gasteiger partial charge in [-0.1, -0.05) is 13.8 Å². The fraction of sp³-hybridized carbons (Fsp3) is 0.250. The molecule has 3 rings (SSSR count). The molecule has 136 valence electrons. The third-order valence-electron chi connectivity index (χ3n) is 3.92. The van der Waals surface area contributed by atoms with Crippen molar-refractivity contribution >= 4 is 43.2 Å². The molecule has 0 spiro atoms. The van der Waals surface area contributed by atoms with Crippen molar-refractivity contribution in [1.29, 1.82) is 0 Å². The van der Waals surface area contributed by atoms with Crippen LogP contribution in [-0.2, 0) is 6.42 Å². The number of aryl methyl sites for hydroxylation is 1. The molecule has 1 aromatic heterocycles. The Bertz CT molecular complexity index is 914. The topological polar surface area (TPSA) is 42.4 Å². The van der Waals surface area contributed by atoms with E-state index in [0.29, 0.717) is 17.2 Å². The predicted octanol–water partition coefficient (Wildman–Crippen LogP) is 7.19. The van der Waals surface area contributed by atoms with Gasteiger partial charge >= 0.3 is 0 Å². The zero-order valence-corrected chi connectivity index (χ0v) is 18.7. The number of ether oxygens (including phenoxy) is 1. The number of halogens is 2. The first-order chi connectivity index (χ1) is 12.3. The first-order valence-electron chi connectivity index (χ1n) is 8.23. The van der Waals surface area contributed by atoms with Crippen LogP contribution in [0.5, 0.6) is 17.2 Å². The molecule has 0 aliphatic heterocycles. The van der Waals surface area contributed by atoms with Crippen LogP contribution in [0, 0.1) is 6.92 Å². The Morgan fingerprint density at radius 3 is 2.42 bits per heavy atom. The summed E-state index contributed by atoms with van der Waals surface area (Å²) in [4.78, 5) is 4.52. The predicted molar refractivity (Wildman–Crippen MR) is 114 cm³/mol. The van der Waals surface area contributed by atoms with E-state index >= 15 is 0 Å². The van der Waals surface area contributed by atoms with Crippen LogP contribution in [0.1, 0.15) is 41.6 Å². The molecule has 2 aromatic carbocycles. The average molecular weight is 497 g/mol. The third-order valence-corrected chi connectivity index (χ3v) is 6.07. The Morgan fingerprint density at radius 2 is 1.85 bits per heavy atom. The SMILES string of the molecule is Cc1csc(Cc2cc(Br)c(Oc3ccc(O)c(C(C)C)c3)c(Br)c2)n1. The van der Waals surface area contributed by atoms with Crippen molar-refractivity contribution in [1.82, 2.24) is 4.98 Å². The fourth-order valence-corrected chi connectivity index (χ4v) is 4.90. The summed E-state index contributed by atoms with van der Waals surface area (Å²) in [6.07, 6.45) is 0.784. The zero-order chi connectivity index (χ0) is 18.8. The highest BCUT2D eigenvalue weighted by atomic mass is 79.9. The molecule has 1 heterocycles. The summed E-state index contributed by atoms with van der Waals surface area (Å²) in [7, 11) is 0. The Kier molecular flexibility index (Phi) is 6.05. The van der Waals surface area contributed by atoms with Crippen LogP contribution >= 0.6 is 43.2 Å². The van der Waals surface area contributed by atoms with E-state index in [-0.39, 0.29) is 5.92 Å². The van der Waals surface area contributed by atoms with Gasteiger partial charge in [-0.3, -0.25) is 0 Å². The number of nitrogens with zero attached hydrogens (tertiary/aromatic N) is 1. The van der Waals surface area contributed by atoms with E-state index in [2.05, 4.69) is 54.4 Å². The van der Waals surface area contributed by atoms with Crippen molar-refractivity contribution in [3.63, 3.8) is 0 Å². The molecule has 0 aliphatic carbocycles. The number of phenols is 1. The van der Waals surface area contributed by atoms with Crippen LogP contribution in [0.25, 0.3) is 0 Å². The van der Waals surface area contributed by atoms with Crippen LogP contribution in [0.15, 0.2) is 44.7 Å². The monoisotopic (exact) mass is 495 g/mol. The van der Waals surface area contributed by atoms with Gasteiger partial charge < -0.3 is 9.84 Å². The maximum atomic E-state index is 9.98. The molecule has 26 heavy (non-hydrogen) atoms. The molecule has 0 fully saturated rings. The summed E-state index contributed by atoms with van der Waals surface area (Å²) in [5.74, 6) is 1.91. The number of aromatic nitrogens is 1. The first kappa shape index (κ1) is 19.4. The number of hydrogen-bond donors (Lipinski definition) is 1. The van der Waals surface area contributed by atoms with Gasteiger partial charge in [-0.05, 0) is 80.6 Å². The standard InChI is InChI=1S/C20H19Br2NO2S/c1-11(2)15-9-14(4-5-18(15)24)25-20-16(21)6-13(7-17(20)22)8-19-23-12(3)10-26-19/h4-7,9-11,24H,8H2,1-3H3.